The van der Waals surface area contributed by atoms with Gasteiger partial charge in [0.15, 0.2) is 0 Å². The zero-order valence-corrected chi connectivity index (χ0v) is 21.1. The van der Waals surface area contributed by atoms with Gasteiger partial charge in [0.25, 0.3) is 0 Å². The number of aromatic nitrogens is 2. The van der Waals surface area contributed by atoms with E-state index in [1.807, 2.05) is 6.07 Å². The van der Waals surface area contributed by atoms with Gasteiger partial charge in [-0.05, 0) is 62.7 Å². The summed E-state index contributed by atoms with van der Waals surface area (Å²) in [5.74, 6) is 6.13. The number of hydrogen-bond acceptors (Lipinski definition) is 5. The van der Waals surface area contributed by atoms with Gasteiger partial charge in [-0.2, -0.15) is 18.3 Å². The predicted molar refractivity (Wildman–Crippen MR) is 134 cm³/mol. The lowest BCUT2D eigenvalue weighted by Gasteiger charge is -2.35. The second-order valence-corrected chi connectivity index (χ2v) is 11.8. The van der Waals surface area contributed by atoms with Gasteiger partial charge in [0.05, 0.1) is 17.0 Å². The van der Waals surface area contributed by atoms with Gasteiger partial charge in [0, 0.05) is 22.4 Å². The molecule has 0 unspecified atom stereocenters. The molecule has 178 valence electrons. The van der Waals surface area contributed by atoms with Gasteiger partial charge >= 0.3 is 5.51 Å². The molecule has 3 heterocycles. The molecule has 2 aromatic rings. The fourth-order valence-corrected chi connectivity index (χ4v) is 6.55. The first-order valence-corrected chi connectivity index (χ1v) is 14.2. The van der Waals surface area contributed by atoms with Crippen LogP contribution in [-0.4, -0.2) is 67.1 Å². The molecule has 0 radical (unpaired) electrons. The first-order chi connectivity index (χ1) is 15.7. The summed E-state index contributed by atoms with van der Waals surface area (Å²) in [6.07, 6.45) is 2.69. The van der Waals surface area contributed by atoms with Crippen LogP contribution in [0.15, 0.2) is 23.1 Å². The number of pyridine rings is 1. The zero-order chi connectivity index (χ0) is 23.6. The van der Waals surface area contributed by atoms with Gasteiger partial charge in [-0.15, -0.1) is 20.7 Å². The second-order valence-electron chi connectivity index (χ2n) is 8.20. The van der Waals surface area contributed by atoms with Crippen LogP contribution in [0.4, 0.5) is 19.0 Å². The Bertz CT molecular complexity index is 1110. The Balaban J connectivity index is 1.62. The van der Waals surface area contributed by atoms with Crippen LogP contribution in [0.3, 0.4) is 0 Å². The number of thioether (sulfide) groups is 1. The predicted octanol–water partition coefficient (Wildman–Crippen LogP) is 3.71. The van der Waals surface area contributed by atoms with Gasteiger partial charge in [0.1, 0.15) is 11.5 Å². The molecule has 4 rings (SSSR count). The fourth-order valence-electron chi connectivity index (χ4n) is 3.77. The van der Waals surface area contributed by atoms with E-state index in [0.29, 0.717) is 15.3 Å². The van der Waals surface area contributed by atoms with Crippen molar-refractivity contribution in [2.45, 2.75) is 39.6 Å². The van der Waals surface area contributed by atoms with E-state index in [-0.39, 0.29) is 67.5 Å². The monoisotopic (exact) mass is 591 g/mol. The number of amides is 1. The number of nitrogens with zero attached hydrogens (tertiary/aromatic N) is 3. The number of likely N-dealkylation sites (tertiary alicyclic amines) is 1. The third kappa shape index (κ3) is 6.22. The lowest BCUT2D eigenvalue weighted by Crippen LogP contribution is -2.46. The minimum absolute atomic E-state index is 0.0309. The maximum atomic E-state index is 13.3. The molecule has 33 heavy (non-hydrogen) atoms. The Morgan fingerprint density at radius 3 is 2.85 bits per heavy atom. The van der Waals surface area contributed by atoms with Crippen LogP contribution < -0.4 is 10.6 Å². The van der Waals surface area contributed by atoms with Crippen LogP contribution in [0.2, 0.25) is 0 Å². The molecule has 1 aliphatic carbocycles. The van der Waals surface area contributed by atoms with Gasteiger partial charge < -0.3 is 15.5 Å². The highest BCUT2D eigenvalue weighted by atomic mass is 127. The number of nitrogens with one attached hydrogen (secondary N) is 2. The van der Waals surface area contributed by atoms with Gasteiger partial charge in [-0.25, -0.2) is 4.52 Å². The van der Waals surface area contributed by atoms with Crippen molar-refractivity contribution in [1.29, 1.82) is 0 Å². The van der Waals surface area contributed by atoms with E-state index in [4.69, 9.17) is 0 Å². The van der Waals surface area contributed by atoms with Crippen LogP contribution in [0, 0.1) is 17.8 Å². The van der Waals surface area contributed by atoms with E-state index in [2.05, 4.69) is 44.0 Å². The van der Waals surface area contributed by atoms with Crippen molar-refractivity contribution in [3.63, 3.8) is 0 Å². The van der Waals surface area contributed by atoms with Crippen molar-refractivity contribution in [3.05, 3.63) is 23.9 Å². The summed E-state index contributed by atoms with van der Waals surface area (Å²) < 4.78 is 46.1. The molecule has 1 amide bonds. The standard InChI is InChI=1S/C22H25F3IN5OS/c1-26-15-13-30(2)12-10-16(15)28-19-7-3-6-18-20(33-22(23,24)25)17(29-31(18)19)5-4-11-27-21(32)14-8-9-14/h3,6-7,14-16,28H,1,8-13H2,2H3,(H,27,32)/t15-,16-/m1/s1. The number of halogens is 4. The lowest BCUT2D eigenvalue weighted by atomic mass is 10.1. The summed E-state index contributed by atoms with van der Waals surface area (Å²) in [6, 6.07) is 5.38. The summed E-state index contributed by atoms with van der Waals surface area (Å²) in [7, 11) is 2.09. The van der Waals surface area contributed by atoms with Gasteiger partial charge in [-0.1, -0.05) is 16.5 Å². The molecule has 1 aliphatic heterocycles. The molecule has 1 saturated carbocycles. The minimum Gasteiger partial charge on any atom is -0.366 e. The average molecular weight is 591 g/mol. The number of alkyl halides is 4. The first-order valence-electron chi connectivity index (χ1n) is 10.6. The molecule has 11 heteroatoms. The van der Waals surface area contributed by atoms with Crippen LogP contribution in [0.1, 0.15) is 25.0 Å². The number of hydrogen-bond donors (Lipinski definition) is 2. The largest absolute Gasteiger partial charge is 0.446 e. The first kappa shape index (κ1) is 24.3. The molecule has 2 N–H and O–H groups in total. The molecule has 2 fully saturated rings. The highest BCUT2D eigenvalue weighted by Gasteiger charge is 2.33. The van der Waals surface area contributed by atoms with Crippen molar-refractivity contribution in [2.24, 2.45) is 5.92 Å². The highest BCUT2D eigenvalue weighted by molar-refractivity contribution is 14.2. The van der Waals surface area contributed by atoms with Crippen LogP contribution >= 0.6 is 32.5 Å². The molecule has 2 aromatic heterocycles. The van der Waals surface area contributed by atoms with Crippen LogP contribution in [0.25, 0.3) is 5.52 Å². The fraction of sp³-hybridized carbons (Fsp3) is 0.500. The van der Waals surface area contributed by atoms with Crippen molar-refractivity contribution in [3.8, 4) is 11.8 Å². The molecule has 1 saturated heterocycles. The van der Waals surface area contributed by atoms with Gasteiger partial charge in [-0.3, -0.25) is 4.79 Å². The molecule has 0 spiro atoms. The molecule has 6 nitrogen and oxygen atoms in total. The smallest absolute Gasteiger partial charge is 0.366 e. The molecular formula is C22H25F3IN5OS. The normalized spacial score (nSPS) is 21.5. The second kappa shape index (κ2) is 10.2. The van der Waals surface area contributed by atoms with Crippen molar-refractivity contribution >= 4 is 54.2 Å². The molecular weight excluding hydrogens is 566 g/mol. The number of anilines is 1. The molecule has 0 bridgehead atoms. The Hall–Kier alpha value is -1.78. The Morgan fingerprint density at radius 1 is 1.36 bits per heavy atom. The molecule has 2 aliphatic rings. The number of fused-ring (bicyclic) bond motifs is 1. The SMILES string of the molecule is C=I[C@@H]1CN(C)CC[C@H]1Nc1cccc2c(SC(F)(F)F)c(C#CCNC(=O)C3CC3)nn12. The molecule has 2 atom stereocenters. The van der Waals surface area contributed by atoms with Crippen molar-refractivity contribution < 1.29 is 18.0 Å². The van der Waals surface area contributed by atoms with E-state index >= 15 is 0 Å². The van der Waals surface area contributed by atoms with Crippen LogP contribution in [-0.2, 0) is 4.79 Å². The minimum atomic E-state index is -4.47. The highest BCUT2D eigenvalue weighted by Crippen LogP contribution is 2.41. The van der Waals surface area contributed by atoms with E-state index in [1.54, 1.807) is 12.1 Å². The number of rotatable bonds is 6. The van der Waals surface area contributed by atoms with Gasteiger partial charge in [0.2, 0.25) is 5.91 Å². The summed E-state index contributed by atoms with van der Waals surface area (Å²) >= 11 is -0.463. The Kier molecular flexibility index (Phi) is 7.55. The summed E-state index contributed by atoms with van der Waals surface area (Å²) in [6.45, 7) is 1.99. The third-order valence-corrected chi connectivity index (χ3v) is 8.84. The summed E-state index contributed by atoms with van der Waals surface area (Å²) in [4.78, 5) is 14.0. The topological polar surface area (TPSA) is 61.7 Å². The maximum Gasteiger partial charge on any atom is 0.446 e. The maximum absolute atomic E-state index is 13.3. The summed E-state index contributed by atoms with van der Waals surface area (Å²) in [5.41, 5.74) is -4.07. The number of carbonyl (C=O) groups is 1. The van der Waals surface area contributed by atoms with Crippen LogP contribution in [0.5, 0.6) is 0 Å². The third-order valence-electron chi connectivity index (χ3n) is 5.61. The zero-order valence-electron chi connectivity index (χ0n) is 18.1. The van der Waals surface area contributed by atoms with E-state index in [0.717, 1.165) is 32.4 Å². The Labute approximate surface area is 204 Å². The Morgan fingerprint density at radius 2 is 2.15 bits per heavy atom. The number of piperidine rings is 1. The average Bonchev–Trinajstić information content (AvgIpc) is 3.56. The lowest BCUT2D eigenvalue weighted by molar-refractivity contribution is -0.122. The number of carbonyl (C=O) groups excluding carboxylic acids is 1. The van der Waals surface area contributed by atoms with Crippen molar-refractivity contribution in [1.82, 2.24) is 19.8 Å². The quantitative estimate of drug-likeness (QED) is 0.232. The van der Waals surface area contributed by atoms with E-state index in [9.17, 15) is 18.0 Å². The van der Waals surface area contributed by atoms with E-state index < -0.39 is 5.51 Å². The summed E-state index contributed by atoms with van der Waals surface area (Å²) in [5, 5.41) is 10.6. The molecule has 0 aromatic carbocycles. The van der Waals surface area contributed by atoms with E-state index in [1.165, 1.54) is 4.52 Å². The van der Waals surface area contributed by atoms with Crippen molar-refractivity contribution in [2.75, 3.05) is 32.0 Å².